The van der Waals surface area contributed by atoms with Crippen LogP contribution in [0.4, 0.5) is 0 Å². The van der Waals surface area contributed by atoms with Gasteiger partial charge in [0.05, 0.1) is 11.0 Å². The van der Waals surface area contributed by atoms with E-state index in [1.165, 1.54) is 19.3 Å². The zero-order chi connectivity index (χ0) is 23.4. The van der Waals surface area contributed by atoms with Gasteiger partial charge in [-0.2, -0.15) is 0 Å². The highest BCUT2D eigenvalue weighted by Gasteiger charge is 2.23. The Morgan fingerprint density at radius 1 is 1.03 bits per heavy atom. The number of aromatic nitrogens is 2. The van der Waals surface area contributed by atoms with Gasteiger partial charge in [-0.05, 0) is 64.3 Å². The molecule has 1 fully saturated rings. The van der Waals surface area contributed by atoms with Crippen molar-refractivity contribution in [2.45, 2.75) is 71.0 Å². The van der Waals surface area contributed by atoms with E-state index >= 15 is 0 Å². The van der Waals surface area contributed by atoms with Gasteiger partial charge in [-0.3, -0.25) is 15.1 Å². The number of rotatable bonds is 8. The Labute approximate surface area is 196 Å². The molecule has 0 saturated carbocycles. The van der Waals surface area contributed by atoms with Gasteiger partial charge in [-0.15, -0.1) is 0 Å². The molecule has 2 atom stereocenters. The van der Waals surface area contributed by atoms with Gasteiger partial charge in [0.1, 0.15) is 11.5 Å². The number of amidine groups is 1. The number of aryl methyl sites for hydroxylation is 1. The summed E-state index contributed by atoms with van der Waals surface area (Å²) in [5.41, 5.74) is 8.94. The average molecular weight is 446 g/mol. The quantitative estimate of drug-likeness (QED) is 0.297. The fraction of sp³-hybridized carbons (Fsp3) is 0.444. The minimum atomic E-state index is -0.0901. The Hall–Kier alpha value is -2.99. The van der Waals surface area contributed by atoms with Crippen LogP contribution >= 0.6 is 0 Å². The van der Waals surface area contributed by atoms with Crippen molar-refractivity contribution in [2.75, 3.05) is 6.54 Å². The summed E-state index contributed by atoms with van der Waals surface area (Å²) in [5.74, 6) is -0.0182. The van der Waals surface area contributed by atoms with Crippen molar-refractivity contribution in [3.05, 3.63) is 64.4 Å². The molecule has 33 heavy (non-hydrogen) atoms. The van der Waals surface area contributed by atoms with Crippen LogP contribution in [-0.2, 0) is 6.54 Å². The number of nitrogen functional groups attached to an aromatic ring is 1. The molecule has 0 bridgehead atoms. The van der Waals surface area contributed by atoms with Gasteiger partial charge in [0.25, 0.3) is 5.56 Å². The monoisotopic (exact) mass is 445 g/mol. The van der Waals surface area contributed by atoms with Crippen molar-refractivity contribution < 1.29 is 0 Å². The summed E-state index contributed by atoms with van der Waals surface area (Å²) in [5, 5.41) is 7.72. The third kappa shape index (κ3) is 5.17. The van der Waals surface area contributed by atoms with E-state index in [0.29, 0.717) is 35.4 Å². The maximum atomic E-state index is 13.5. The Morgan fingerprint density at radius 3 is 2.52 bits per heavy atom. The summed E-state index contributed by atoms with van der Waals surface area (Å²) in [4.78, 5) is 20.8. The summed E-state index contributed by atoms with van der Waals surface area (Å²) in [6.07, 6.45) is 7.15. The highest BCUT2D eigenvalue weighted by atomic mass is 16.1. The second-order valence-corrected chi connectivity index (χ2v) is 9.33. The lowest BCUT2D eigenvalue weighted by molar-refractivity contribution is 0.101. The van der Waals surface area contributed by atoms with Crippen LogP contribution in [0.2, 0.25) is 0 Å². The smallest absolute Gasteiger partial charge is 0.277 e. The molecule has 1 aliphatic heterocycles. The number of hydrogen-bond acceptors (Lipinski definition) is 4. The van der Waals surface area contributed by atoms with Gasteiger partial charge < -0.3 is 10.3 Å². The normalized spacial score (nSPS) is 19.1. The van der Waals surface area contributed by atoms with E-state index < -0.39 is 0 Å². The molecule has 1 aliphatic rings. The van der Waals surface area contributed by atoms with Crippen molar-refractivity contribution in [3.63, 3.8) is 0 Å². The number of nitrogens with two attached hydrogens (primary N) is 1. The first kappa shape index (κ1) is 23.2. The van der Waals surface area contributed by atoms with E-state index in [1.807, 2.05) is 41.0 Å². The van der Waals surface area contributed by atoms with E-state index in [1.54, 1.807) is 12.1 Å². The van der Waals surface area contributed by atoms with Gasteiger partial charge >= 0.3 is 0 Å². The molecular formula is C27H35N5O. The second kappa shape index (κ2) is 10.3. The molecule has 3 N–H and O–H groups in total. The predicted octanol–water partition coefficient (Wildman–Crippen LogP) is 4.78. The molecule has 0 spiro atoms. The number of piperidine rings is 1. The van der Waals surface area contributed by atoms with Gasteiger partial charge in [0.2, 0.25) is 0 Å². The molecule has 1 aromatic heterocycles. The fourth-order valence-corrected chi connectivity index (χ4v) is 5.09. The maximum Gasteiger partial charge on any atom is 0.277 e. The molecule has 0 amide bonds. The zero-order valence-electron chi connectivity index (χ0n) is 19.8. The summed E-state index contributed by atoms with van der Waals surface area (Å²) < 4.78 is 1.87. The topological polar surface area (TPSA) is 88.0 Å². The average Bonchev–Trinajstić information content (AvgIpc) is 2.81. The second-order valence-electron chi connectivity index (χ2n) is 9.33. The SMILES string of the molecule is CC1CCC[C@@H](C)N1CCCCCn1c(=O)c(-c2cccc(C(=N)N)c2)nc2ccccc21. The first-order valence-electron chi connectivity index (χ1n) is 12.2. The Morgan fingerprint density at radius 2 is 1.76 bits per heavy atom. The number of likely N-dealkylation sites (tertiary alicyclic amines) is 1. The number of hydrogen-bond donors (Lipinski definition) is 2. The lowest BCUT2D eigenvalue weighted by Gasteiger charge is -2.39. The van der Waals surface area contributed by atoms with Crippen molar-refractivity contribution in [3.8, 4) is 11.3 Å². The number of nitrogens with one attached hydrogen (secondary N) is 1. The first-order valence-corrected chi connectivity index (χ1v) is 12.2. The molecular weight excluding hydrogens is 410 g/mol. The van der Waals surface area contributed by atoms with Gasteiger partial charge in [0, 0.05) is 29.8 Å². The largest absolute Gasteiger partial charge is 0.384 e. The molecule has 2 aromatic carbocycles. The highest BCUT2D eigenvalue weighted by Crippen LogP contribution is 2.23. The summed E-state index contributed by atoms with van der Waals surface area (Å²) in [6.45, 7) is 6.51. The zero-order valence-corrected chi connectivity index (χ0v) is 19.8. The van der Waals surface area contributed by atoms with Gasteiger partial charge in [0.15, 0.2) is 0 Å². The van der Waals surface area contributed by atoms with Crippen LogP contribution < -0.4 is 11.3 Å². The number of para-hydroxylation sites is 2. The molecule has 6 nitrogen and oxygen atoms in total. The molecule has 1 saturated heterocycles. The Kier molecular flexibility index (Phi) is 7.23. The molecule has 4 rings (SSSR count). The van der Waals surface area contributed by atoms with Crippen LogP contribution in [0.5, 0.6) is 0 Å². The van der Waals surface area contributed by atoms with Crippen molar-refractivity contribution >= 4 is 16.9 Å². The molecule has 6 heteroatoms. The predicted molar refractivity (Wildman–Crippen MR) is 136 cm³/mol. The molecule has 3 aromatic rings. The van der Waals surface area contributed by atoms with Crippen LogP contribution in [0.15, 0.2) is 53.3 Å². The Bertz CT molecular complexity index is 1170. The molecule has 0 radical (unpaired) electrons. The van der Waals surface area contributed by atoms with Crippen LogP contribution in [0.3, 0.4) is 0 Å². The Balaban J connectivity index is 1.52. The highest BCUT2D eigenvalue weighted by molar-refractivity contribution is 5.96. The maximum absolute atomic E-state index is 13.5. The lowest BCUT2D eigenvalue weighted by atomic mass is 9.97. The number of nitrogens with zero attached hydrogens (tertiary/aromatic N) is 3. The van der Waals surface area contributed by atoms with E-state index in [4.69, 9.17) is 11.1 Å². The van der Waals surface area contributed by atoms with Crippen LogP contribution in [0, 0.1) is 5.41 Å². The van der Waals surface area contributed by atoms with Crippen LogP contribution in [0.1, 0.15) is 57.9 Å². The van der Waals surface area contributed by atoms with Crippen molar-refractivity contribution in [1.29, 1.82) is 5.41 Å². The van der Waals surface area contributed by atoms with Crippen molar-refractivity contribution in [2.24, 2.45) is 5.73 Å². The fourth-order valence-electron chi connectivity index (χ4n) is 5.09. The summed E-state index contributed by atoms with van der Waals surface area (Å²) in [7, 11) is 0. The minimum absolute atomic E-state index is 0.0182. The number of unbranched alkanes of at least 4 members (excludes halogenated alkanes) is 2. The summed E-state index contributed by atoms with van der Waals surface area (Å²) in [6, 6.07) is 16.4. The van der Waals surface area contributed by atoms with Crippen LogP contribution in [0.25, 0.3) is 22.3 Å². The number of fused-ring (bicyclic) bond motifs is 1. The van der Waals surface area contributed by atoms with E-state index in [9.17, 15) is 4.79 Å². The van der Waals surface area contributed by atoms with Crippen molar-refractivity contribution in [1.82, 2.24) is 14.5 Å². The molecule has 0 aliphatic carbocycles. The first-order chi connectivity index (χ1) is 16.0. The minimum Gasteiger partial charge on any atom is -0.384 e. The molecule has 174 valence electrons. The third-order valence-corrected chi connectivity index (χ3v) is 6.97. The standard InChI is InChI=1S/C27H35N5O/c1-19-10-8-11-20(2)31(19)16-6-3-7-17-32-24-15-5-4-14-23(24)30-25(27(32)33)21-12-9-13-22(18-21)26(28)29/h4-5,9,12-15,18-20H,3,6-8,10-11,16-17H2,1-2H3,(H3,28,29)/t19-,20?/m1/s1. The van der Waals surface area contributed by atoms with Gasteiger partial charge in [-0.25, -0.2) is 4.98 Å². The van der Waals surface area contributed by atoms with Gasteiger partial charge in [-0.1, -0.05) is 43.2 Å². The molecule has 2 heterocycles. The molecule has 1 unspecified atom stereocenters. The van der Waals surface area contributed by atoms with E-state index in [2.05, 4.69) is 23.7 Å². The van der Waals surface area contributed by atoms with Crippen LogP contribution in [-0.4, -0.2) is 38.9 Å². The van der Waals surface area contributed by atoms with E-state index in [-0.39, 0.29) is 11.4 Å². The lowest BCUT2D eigenvalue weighted by Crippen LogP contribution is -2.44. The third-order valence-electron chi connectivity index (χ3n) is 6.97. The number of benzene rings is 2. The summed E-state index contributed by atoms with van der Waals surface area (Å²) >= 11 is 0. The van der Waals surface area contributed by atoms with E-state index in [0.717, 1.165) is 36.8 Å².